The second-order valence-corrected chi connectivity index (χ2v) is 6.17. The largest absolute Gasteiger partial charge is 0.376 e. The van der Waals surface area contributed by atoms with Crippen LogP contribution >= 0.6 is 24.0 Å². The van der Waals surface area contributed by atoms with Gasteiger partial charge in [0, 0.05) is 33.3 Å². The number of nitrogens with zero attached hydrogens (tertiary/aromatic N) is 3. The summed E-state index contributed by atoms with van der Waals surface area (Å²) in [6.45, 7) is 5.59. The van der Waals surface area contributed by atoms with Gasteiger partial charge in [-0.25, -0.2) is 4.98 Å². The Bertz CT molecular complexity index is 694. The summed E-state index contributed by atoms with van der Waals surface area (Å²) in [5.74, 6) is 1.91. The minimum absolute atomic E-state index is 0. The van der Waals surface area contributed by atoms with Crippen LogP contribution in [0.15, 0.2) is 29.3 Å². The number of benzene rings is 1. The Morgan fingerprint density at radius 1 is 1.36 bits per heavy atom. The molecule has 7 heteroatoms. The Hall–Kier alpha value is -1.35. The summed E-state index contributed by atoms with van der Waals surface area (Å²) in [6, 6.07) is 8.29. The number of nitrogens with one attached hydrogen (secondary N) is 2. The summed E-state index contributed by atoms with van der Waals surface area (Å²) in [6.07, 6.45) is 3.64. The second-order valence-electron chi connectivity index (χ2n) is 6.17. The lowest BCUT2D eigenvalue weighted by Gasteiger charge is -2.15. The average molecular weight is 457 g/mol. The molecule has 1 unspecified atom stereocenters. The van der Waals surface area contributed by atoms with Gasteiger partial charge in [-0.1, -0.05) is 12.1 Å². The summed E-state index contributed by atoms with van der Waals surface area (Å²) < 4.78 is 7.90. The average Bonchev–Trinajstić information content (AvgIpc) is 3.22. The van der Waals surface area contributed by atoms with Crippen LogP contribution in [0.4, 0.5) is 0 Å². The number of rotatable bonds is 6. The molecule has 1 aliphatic heterocycles. The molecule has 0 aliphatic carbocycles. The number of ether oxygens (including phenoxy) is 1. The van der Waals surface area contributed by atoms with Crippen LogP contribution in [0.2, 0.25) is 0 Å². The molecule has 1 saturated heterocycles. The van der Waals surface area contributed by atoms with Crippen LogP contribution in [0.25, 0.3) is 11.0 Å². The summed E-state index contributed by atoms with van der Waals surface area (Å²) in [7, 11) is 1.80. The van der Waals surface area contributed by atoms with E-state index in [1.54, 1.807) is 7.05 Å². The molecular weight excluding hydrogens is 429 g/mol. The molecular formula is C18H28IN5O. The molecule has 0 bridgehead atoms. The van der Waals surface area contributed by atoms with Crippen molar-refractivity contribution in [2.24, 2.45) is 4.99 Å². The van der Waals surface area contributed by atoms with Gasteiger partial charge >= 0.3 is 0 Å². The fraction of sp³-hybridized carbons (Fsp3) is 0.556. The topological polar surface area (TPSA) is 63.5 Å². The lowest BCUT2D eigenvalue weighted by Crippen LogP contribution is -2.41. The molecule has 3 rings (SSSR count). The predicted molar refractivity (Wildman–Crippen MR) is 113 cm³/mol. The molecule has 0 spiro atoms. The van der Waals surface area contributed by atoms with Crippen molar-refractivity contribution in [3.05, 3.63) is 30.1 Å². The minimum atomic E-state index is 0. The van der Waals surface area contributed by atoms with E-state index < -0.39 is 0 Å². The number of fused-ring (bicyclic) bond motifs is 1. The zero-order valence-corrected chi connectivity index (χ0v) is 17.3. The van der Waals surface area contributed by atoms with Gasteiger partial charge in [0.15, 0.2) is 5.96 Å². The molecule has 25 heavy (non-hydrogen) atoms. The lowest BCUT2D eigenvalue weighted by molar-refractivity contribution is 0.114. The Labute approximate surface area is 166 Å². The Balaban J connectivity index is 0.00000225. The van der Waals surface area contributed by atoms with Gasteiger partial charge in [0.25, 0.3) is 0 Å². The van der Waals surface area contributed by atoms with E-state index in [9.17, 15) is 0 Å². The number of para-hydroxylation sites is 2. The Kier molecular flexibility index (Phi) is 7.95. The number of aromatic nitrogens is 2. The minimum Gasteiger partial charge on any atom is -0.376 e. The monoisotopic (exact) mass is 457 g/mol. The van der Waals surface area contributed by atoms with E-state index in [1.165, 1.54) is 5.52 Å². The van der Waals surface area contributed by atoms with Crippen molar-refractivity contribution in [1.29, 1.82) is 0 Å². The molecule has 2 aromatic rings. The molecule has 0 saturated carbocycles. The highest BCUT2D eigenvalue weighted by molar-refractivity contribution is 14.0. The van der Waals surface area contributed by atoms with Crippen molar-refractivity contribution in [3.63, 3.8) is 0 Å². The molecule has 2 heterocycles. The fourth-order valence-corrected chi connectivity index (χ4v) is 3.16. The van der Waals surface area contributed by atoms with Gasteiger partial charge in [0.2, 0.25) is 0 Å². The van der Waals surface area contributed by atoms with Crippen molar-refractivity contribution in [3.8, 4) is 0 Å². The molecule has 138 valence electrons. The van der Waals surface area contributed by atoms with Gasteiger partial charge < -0.3 is 19.9 Å². The van der Waals surface area contributed by atoms with Gasteiger partial charge in [-0.3, -0.25) is 4.99 Å². The molecule has 0 radical (unpaired) electrons. The Morgan fingerprint density at radius 2 is 2.20 bits per heavy atom. The highest BCUT2D eigenvalue weighted by atomic mass is 127. The quantitative estimate of drug-likeness (QED) is 0.303. The number of imidazole rings is 1. The number of aliphatic imine (C=N–C) groups is 1. The molecule has 1 aromatic heterocycles. The van der Waals surface area contributed by atoms with E-state index in [4.69, 9.17) is 4.74 Å². The summed E-state index contributed by atoms with van der Waals surface area (Å²) in [5.41, 5.74) is 2.27. The van der Waals surface area contributed by atoms with E-state index in [-0.39, 0.29) is 24.0 Å². The zero-order valence-electron chi connectivity index (χ0n) is 15.0. The first-order valence-corrected chi connectivity index (χ1v) is 8.76. The molecule has 1 atom stereocenters. The maximum Gasteiger partial charge on any atom is 0.191 e. The third-order valence-electron chi connectivity index (χ3n) is 4.44. The van der Waals surface area contributed by atoms with Crippen LogP contribution in [0, 0.1) is 6.92 Å². The van der Waals surface area contributed by atoms with Crippen LogP contribution < -0.4 is 10.6 Å². The van der Waals surface area contributed by atoms with Crippen molar-refractivity contribution in [1.82, 2.24) is 20.2 Å². The van der Waals surface area contributed by atoms with Gasteiger partial charge in [0.1, 0.15) is 5.82 Å². The second kappa shape index (κ2) is 9.96. The van der Waals surface area contributed by atoms with Crippen LogP contribution in [-0.2, 0) is 11.3 Å². The molecule has 6 nitrogen and oxygen atoms in total. The van der Waals surface area contributed by atoms with E-state index >= 15 is 0 Å². The zero-order chi connectivity index (χ0) is 16.8. The van der Waals surface area contributed by atoms with Gasteiger partial charge in [-0.15, -0.1) is 24.0 Å². The number of hydrogen-bond donors (Lipinski definition) is 2. The summed E-state index contributed by atoms with van der Waals surface area (Å²) in [5, 5.41) is 6.71. The highest BCUT2D eigenvalue weighted by Gasteiger charge is 2.15. The van der Waals surface area contributed by atoms with E-state index in [1.807, 2.05) is 6.07 Å². The number of guanidine groups is 1. The van der Waals surface area contributed by atoms with Crippen LogP contribution in [-0.4, -0.2) is 48.4 Å². The first-order valence-electron chi connectivity index (χ1n) is 8.76. The van der Waals surface area contributed by atoms with E-state index in [0.29, 0.717) is 6.10 Å². The molecule has 0 amide bonds. The molecule has 1 aromatic carbocycles. The predicted octanol–water partition coefficient (Wildman–Crippen LogP) is 2.70. The van der Waals surface area contributed by atoms with E-state index in [2.05, 4.69) is 50.3 Å². The van der Waals surface area contributed by atoms with Crippen molar-refractivity contribution in [2.45, 2.75) is 38.8 Å². The maximum absolute atomic E-state index is 5.62. The first kappa shape index (κ1) is 20.0. The summed E-state index contributed by atoms with van der Waals surface area (Å²) in [4.78, 5) is 8.88. The first-order chi connectivity index (χ1) is 11.8. The number of aryl methyl sites for hydroxylation is 2. The van der Waals surface area contributed by atoms with Gasteiger partial charge in [-0.05, 0) is 38.3 Å². The van der Waals surface area contributed by atoms with Crippen molar-refractivity contribution < 1.29 is 4.74 Å². The van der Waals surface area contributed by atoms with Gasteiger partial charge in [-0.2, -0.15) is 0 Å². The smallest absolute Gasteiger partial charge is 0.191 e. The molecule has 2 N–H and O–H groups in total. The van der Waals surface area contributed by atoms with E-state index in [0.717, 1.165) is 62.8 Å². The van der Waals surface area contributed by atoms with Crippen LogP contribution in [0.5, 0.6) is 0 Å². The number of halogens is 1. The normalized spacial score (nSPS) is 17.5. The maximum atomic E-state index is 5.62. The number of hydrogen-bond acceptors (Lipinski definition) is 3. The Morgan fingerprint density at radius 3 is 2.96 bits per heavy atom. The van der Waals surface area contributed by atoms with Crippen LogP contribution in [0.1, 0.15) is 25.1 Å². The van der Waals surface area contributed by atoms with Crippen molar-refractivity contribution in [2.75, 3.05) is 26.7 Å². The fourth-order valence-electron chi connectivity index (χ4n) is 3.16. The highest BCUT2D eigenvalue weighted by Crippen LogP contribution is 2.15. The SMILES string of the molecule is CN=C(NCCCn1c(C)nc2ccccc21)NCC1CCCO1.I. The molecule has 1 aliphatic rings. The lowest BCUT2D eigenvalue weighted by atomic mass is 10.2. The molecule has 1 fully saturated rings. The third kappa shape index (κ3) is 5.31. The van der Waals surface area contributed by atoms with Crippen LogP contribution in [0.3, 0.4) is 0 Å². The third-order valence-corrected chi connectivity index (χ3v) is 4.44. The summed E-state index contributed by atoms with van der Waals surface area (Å²) >= 11 is 0. The van der Waals surface area contributed by atoms with Gasteiger partial charge in [0.05, 0.1) is 17.1 Å². The standard InChI is InChI=1S/C18H27N5O.HI/c1-14-22-16-8-3-4-9-17(16)23(14)11-6-10-20-18(19-2)21-13-15-7-5-12-24-15;/h3-4,8-9,15H,5-7,10-13H2,1-2H3,(H2,19,20,21);1H. The van der Waals surface area contributed by atoms with Crippen molar-refractivity contribution >= 4 is 41.0 Å².